The Morgan fingerprint density at radius 1 is 1.12 bits per heavy atom. The molecule has 4 aliphatic carbocycles. The summed E-state index contributed by atoms with van der Waals surface area (Å²) in [6.07, 6.45) is 10.8. The largest absolute Gasteiger partial charge is 0.393 e. The van der Waals surface area contributed by atoms with Crippen molar-refractivity contribution < 1.29 is 5.11 Å². The number of rotatable bonds is 1. The van der Waals surface area contributed by atoms with Crippen LogP contribution in [0.2, 0.25) is 0 Å². The molecule has 140 valence electrons. The number of hydrazone groups is 1. The zero-order valence-corrected chi connectivity index (χ0v) is 16.4. The van der Waals surface area contributed by atoms with Crippen LogP contribution in [0.4, 0.5) is 0 Å². The van der Waals surface area contributed by atoms with Crippen molar-refractivity contribution in [3.63, 3.8) is 0 Å². The standard InChI is InChI=1S/C20H33N3OS/c1-19-9-7-13(22-23-18(21)25)11-12(19)3-4-14-15-5-6-17(24)20(15,2)10-8-16(14)19/h12,14-17,24H,3-11H2,1-2H3,(H3,21,23,25)/b22-13-/t12-,14?,15?,16?,17?,19-,20-/m0/s1. The fourth-order valence-corrected chi connectivity index (χ4v) is 7.31. The first-order valence-corrected chi connectivity index (χ1v) is 10.5. The van der Waals surface area contributed by atoms with E-state index in [0.29, 0.717) is 5.41 Å². The van der Waals surface area contributed by atoms with Crippen LogP contribution in [0.25, 0.3) is 0 Å². The lowest BCUT2D eigenvalue weighted by Crippen LogP contribution is -2.54. The van der Waals surface area contributed by atoms with Crippen LogP contribution in [0.5, 0.6) is 0 Å². The van der Waals surface area contributed by atoms with Crippen molar-refractivity contribution >= 4 is 23.0 Å². The van der Waals surface area contributed by atoms with E-state index >= 15 is 0 Å². The highest BCUT2D eigenvalue weighted by Crippen LogP contribution is 2.65. The molecule has 4 nitrogen and oxygen atoms in total. The molecule has 4 saturated carbocycles. The van der Waals surface area contributed by atoms with Gasteiger partial charge in [0, 0.05) is 5.71 Å². The van der Waals surface area contributed by atoms with E-state index in [0.717, 1.165) is 42.9 Å². The molecule has 4 unspecified atom stereocenters. The number of hydrogen-bond acceptors (Lipinski definition) is 3. The molecule has 0 radical (unpaired) electrons. The molecule has 5 heteroatoms. The maximum Gasteiger partial charge on any atom is 0.184 e. The van der Waals surface area contributed by atoms with E-state index < -0.39 is 0 Å². The fourth-order valence-electron chi connectivity index (χ4n) is 7.27. The van der Waals surface area contributed by atoms with Gasteiger partial charge in [-0.3, -0.25) is 5.43 Å². The minimum Gasteiger partial charge on any atom is -0.393 e. The molecule has 4 aliphatic rings. The maximum absolute atomic E-state index is 10.6. The van der Waals surface area contributed by atoms with Gasteiger partial charge in [0.05, 0.1) is 6.10 Å². The summed E-state index contributed by atoms with van der Waals surface area (Å²) in [4.78, 5) is 0. The lowest BCUT2D eigenvalue weighted by atomic mass is 9.45. The number of hydrogen-bond donors (Lipinski definition) is 3. The van der Waals surface area contributed by atoms with Crippen molar-refractivity contribution in [1.29, 1.82) is 0 Å². The molecule has 0 aliphatic heterocycles. The van der Waals surface area contributed by atoms with Crippen LogP contribution in [-0.4, -0.2) is 22.0 Å². The Morgan fingerprint density at radius 3 is 2.64 bits per heavy atom. The minimum absolute atomic E-state index is 0.0692. The van der Waals surface area contributed by atoms with Gasteiger partial charge in [0.15, 0.2) is 5.11 Å². The summed E-state index contributed by atoms with van der Waals surface area (Å²) in [6.45, 7) is 4.92. The summed E-state index contributed by atoms with van der Waals surface area (Å²) in [7, 11) is 0. The first kappa shape index (κ1) is 17.7. The van der Waals surface area contributed by atoms with E-state index in [9.17, 15) is 5.11 Å². The van der Waals surface area contributed by atoms with Crippen molar-refractivity contribution in [2.24, 2.45) is 45.3 Å². The summed E-state index contributed by atoms with van der Waals surface area (Å²) in [5, 5.41) is 15.3. The number of fused-ring (bicyclic) bond motifs is 5. The predicted molar refractivity (Wildman–Crippen MR) is 105 cm³/mol. The number of thiocarbonyl (C=S) groups is 1. The Bertz CT molecular complexity index is 593. The molecule has 4 N–H and O–H groups in total. The number of nitrogens with two attached hydrogens (primary N) is 1. The van der Waals surface area contributed by atoms with Gasteiger partial charge in [-0.15, -0.1) is 0 Å². The van der Waals surface area contributed by atoms with Crippen LogP contribution in [0.15, 0.2) is 5.10 Å². The number of aliphatic hydroxyl groups excluding tert-OH is 1. The number of nitrogens with one attached hydrogen (secondary N) is 1. The van der Waals surface area contributed by atoms with E-state index in [1.54, 1.807) is 0 Å². The van der Waals surface area contributed by atoms with Gasteiger partial charge in [-0.1, -0.05) is 13.8 Å². The summed E-state index contributed by atoms with van der Waals surface area (Å²) >= 11 is 4.88. The third kappa shape index (κ3) is 2.73. The van der Waals surface area contributed by atoms with Gasteiger partial charge in [-0.25, -0.2) is 0 Å². The lowest BCUT2D eigenvalue weighted by Gasteiger charge is -2.60. The van der Waals surface area contributed by atoms with Crippen LogP contribution < -0.4 is 11.2 Å². The molecule has 0 amide bonds. The smallest absolute Gasteiger partial charge is 0.184 e. The Hall–Kier alpha value is -0.680. The van der Waals surface area contributed by atoms with Crippen molar-refractivity contribution in [3.05, 3.63) is 0 Å². The highest BCUT2D eigenvalue weighted by Gasteiger charge is 2.59. The second-order valence-corrected chi connectivity index (χ2v) is 10.1. The van der Waals surface area contributed by atoms with Crippen LogP contribution >= 0.6 is 12.2 Å². The van der Waals surface area contributed by atoms with E-state index in [4.69, 9.17) is 18.0 Å². The average Bonchev–Trinajstić information content (AvgIpc) is 2.88. The average molecular weight is 364 g/mol. The summed E-state index contributed by atoms with van der Waals surface area (Å²) in [6, 6.07) is 0. The lowest BCUT2D eigenvalue weighted by molar-refractivity contribution is -0.112. The fraction of sp³-hybridized carbons (Fsp3) is 0.900. The molecular weight excluding hydrogens is 330 g/mol. The normalized spacial score (nSPS) is 50.7. The summed E-state index contributed by atoms with van der Waals surface area (Å²) in [5.41, 5.74) is 10.2. The van der Waals surface area contributed by atoms with Crippen LogP contribution in [0.1, 0.15) is 71.6 Å². The van der Waals surface area contributed by atoms with Crippen molar-refractivity contribution in [2.75, 3.05) is 0 Å². The third-order valence-electron chi connectivity index (χ3n) is 8.77. The molecule has 0 saturated heterocycles. The Kier molecular flexibility index (Phi) is 4.39. The van der Waals surface area contributed by atoms with Gasteiger partial charge < -0.3 is 10.8 Å². The van der Waals surface area contributed by atoms with Crippen LogP contribution in [0, 0.1) is 34.5 Å². The third-order valence-corrected chi connectivity index (χ3v) is 8.86. The molecular formula is C20H33N3OS. The summed E-state index contributed by atoms with van der Waals surface area (Å²) < 4.78 is 0. The maximum atomic E-state index is 10.6. The molecule has 4 rings (SSSR count). The van der Waals surface area contributed by atoms with Gasteiger partial charge in [-0.2, -0.15) is 5.10 Å². The zero-order chi connectivity index (χ0) is 17.8. The Morgan fingerprint density at radius 2 is 1.88 bits per heavy atom. The number of aliphatic hydroxyl groups is 1. The minimum atomic E-state index is -0.0692. The Labute approximate surface area is 157 Å². The van der Waals surface area contributed by atoms with Crippen molar-refractivity contribution in [2.45, 2.75) is 77.7 Å². The van der Waals surface area contributed by atoms with Crippen molar-refractivity contribution in [3.8, 4) is 0 Å². The second-order valence-electron chi connectivity index (χ2n) is 9.65. The SMILES string of the molecule is C[C@]12CCC3C(CC[C@H]4C/C(=N\NC(N)=S)CC[C@]34C)C1CCC2O. The molecule has 25 heavy (non-hydrogen) atoms. The van der Waals surface area contributed by atoms with E-state index in [1.165, 1.54) is 44.2 Å². The van der Waals surface area contributed by atoms with Gasteiger partial charge in [-0.05, 0) is 105 Å². The predicted octanol–water partition coefficient (Wildman–Crippen LogP) is 3.58. The molecule has 0 aromatic carbocycles. The molecule has 0 spiro atoms. The van der Waals surface area contributed by atoms with Gasteiger partial charge in [0.2, 0.25) is 0 Å². The van der Waals surface area contributed by atoms with Gasteiger partial charge in [0.1, 0.15) is 0 Å². The van der Waals surface area contributed by atoms with E-state index in [1.807, 2.05) is 0 Å². The molecule has 0 aromatic rings. The second kappa shape index (κ2) is 6.19. The van der Waals surface area contributed by atoms with Crippen LogP contribution in [-0.2, 0) is 0 Å². The molecule has 0 heterocycles. The van der Waals surface area contributed by atoms with Gasteiger partial charge in [0.25, 0.3) is 0 Å². The number of nitrogens with zero attached hydrogens (tertiary/aromatic N) is 1. The van der Waals surface area contributed by atoms with Gasteiger partial charge >= 0.3 is 0 Å². The van der Waals surface area contributed by atoms with Crippen LogP contribution in [0.3, 0.4) is 0 Å². The Balaban J connectivity index is 1.53. The monoisotopic (exact) mass is 363 g/mol. The topological polar surface area (TPSA) is 70.6 Å². The quantitative estimate of drug-likeness (QED) is 0.492. The van der Waals surface area contributed by atoms with E-state index in [2.05, 4.69) is 24.4 Å². The first-order valence-electron chi connectivity index (χ1n) is 10.1. The zero-order valence-electron chi connectivity index (χ0n) is 15.6. The van der Waals surface area contributed by atoms with E-state index in [-0.39, 0.29) is 16.6 Å². The molecule has 7 atom stereocenters. The van der Waals surface area contributed by atoms with Crippen molar-refractivity contribution in [1.82, 2.24) is 5.43 Å². The first-order chi connectivity index (χ1) is 11.8. The highest BCUT2D eigenvalue weighted by molar-refractivity contribution is 7.80. The highest BCUT2D eigenvalue weighted by atomic mass is 32.1. The molecule has 0 bridgehead atoms. The molecule has 0 aromatic heterocycles. The molecule has 4 fully saturated rings. The summed E-state index contributed by atoms with van der Waals surface area (Å²) in [5.74, 6) is 3.14.